The minimum atomic E-state index is -3.67. The van der Waals surface area contributed by atoms with E-state index in [-0.39, 0.29) is 10.6 Å². The third-order valence-corrected chi connectivity index (χ3v) is 7.66. The average Bonchev–Trinajstić information content (AvgIpc) is 2.54. The number of rotatable bonds is 2. The van der Waals surface area contributed by atoms with Crippen LogP contribution < -0.4 is 0 Å². The first-order valence-electron chi connectivity index (χ1n) is 4.96. The van der Waals surface area contributed by atoms with Crippen molar-refractivity contribution in [1.29, 1.82) is 0 Å². The second-order valence-electron chi connectivity index (χ2n) is 3.99. The summed E-state index contributed by atoms with van der Waals surface area (Å²) < 4.78 is 47.1. The van der Waals surface area contributed by atoms with Crippen LogP contribution in [0.15, 0.2) is 35.2 Å². The maximum Gasteiger partial charge on any atom is 0.183 e. The van der Waals surface area contributed by atoms with Crippen LogP contribution in [0.25, 0.3) is 0 Å². The normalized spacial score (nSPS) is 28.1. The Morgan fingerprint density at radius 3 is 2.18 bits per heavy atom. The summed E-state index contributed by atoms with van der Waals surface area (Å²) in [6.07, 6.45) is 0. The van der Waals surface area contributed by atoms with Gasteiger partial charge in [-0.15, -0.1) is 11.6 Å². The lowest BCUT2D eigenvalue weighted by atomic mass is 10.4. The van der Waals surface area contributed by atoms with Crippen molar-refractivity contribution in [2.24, 2.45) is 0 Å². The van der Waals surface area contributed by atoms with Gasteiger partial charge in [0.25, 0.3) is 0 Å². The molecule has 2 rings (SSSR count). The number of hydrogen-bond donors (Lipinski definition) is 0. The van der Waals surface area contributed by atoms with Gasteiger partial charge in [-0.05, 0) is 12.1 Å². The summed E-state index contributed by atoms with van der Waals surface area (Å²) >= 11 is 5.84. The van der Waals surface area contributed by atoms with Crippen LogP contribution in [-0.4, -0.2) is 39.0 Å². The molecule has 1 aromatic carbocycles. The van der Waals surface area contributed by atoms with Crippen molar-refractivity contribution in [3.8, 4) is 0 Å². The van der Waals surface area contributed by atoms with Gasteiger partial charge < -0.3 is 0 Å². The minimum Gasteiger partial charge on any atom is -0.229 e. The van der Waals surface area contributed by atoms with Crippen LogP contribution in [-0.2, 0) is 19.7 Å². The van der Waals surface area contributed by atoms with Gasteiger partial charge in [0.05, 0.1) is 27.0 Å². The molecule has 1 heterocycles. The van der Waals surface area contributed by atoms with E-state index in [1.807, 2.05) is 0 Å². The molecule has 2 atom stereocenters. The number of hydrogen-bond acceptors (Lipinski definition) is 4. The summed E-state index contributed by atoms with van der Waals surface area (Å²) in [6.45, 7) is 0. The standard InChI is InChI=1S/C10H11ClO4S2/c11-9-6-16(12,13)7-10(9)17(14,15)8-4-2-1-3-5-8/h1-5,9-10H,6-7H2/t9-,10+/m1/s1. The number of benzene rings is 1. The Morgan fingerprint density at radius 2 is 1.71 bits per heavy atom. The van der Waals surface area contributed by atoms with Crippen molar-refractivity contribution in [3.05, 3.63) is 30.3 Å². The third kappa shape index (κ3) is 2.48. The molecule has 1 aliphatic heterocycles. The molecule has 94 valence electrons. The Bertz CT molecular complexity index is 607. The van der Waals surface area contributed by atoms with Crippen LogP contribution in [0.4, 0.5) is 0 Å². The summed E-state index contributed by atoms with van der Waals surface area (Å²) in [5, 5.41) is -1.92. The molecule has 4 nitrogen and oxygen atoms in total. The van der Waals surface area contributed by atoms with E-state index in [4.69, 9.17) is 11.6 Å². The number of halogens is 1. The van der Waals surface area contributed by atoms with Crippen LogP contribution in [0.1, 0.15) is 0 Å². The molecule has 0 radical (unpaired) electrons. The second kappa shape index (κ2) is 4.26. The molecule has 17 heavy (non-hydrogen) atoms. The molecule has 0 N–H and O–H groups in total. The van der Waals surface area contributed by atoms with Crippen LogP contribution in [0.2, 0.25) is 0 Å². The Labute approximate surface area is 105 Å². The van der Waals surface area contributed by atoms with E-state index in [1.165, 1.54) is 12.1 Å². The highest BCUT2D eigenvalue weighted by Crippen LogP contribution is 2.28. The second-order valence-corrected chi connectivity index (χ2v) is 8.87. The van der Waals surface area contributed by atoms with E-state index >= 15 is 0 Å². The third-order valence-electron chi connectivity index (χ3n) is 2.71. The zero-order chi connectivity index (χ0) is 12.7. The molecule has 1 fully saturated rings. The minimum absolute atomic E-state index is 0.118. The maximum absolute atomic E-state index is 12.2. The first kappa shape index (κ1) is 12.9. The van der Waals surface area contributed by atoms with E-state index < -0.39 is 36.1 Å². The van der Waals surface area contributed by atoms with E-state index in [1.54, 1.807) is 18.2 Å². The molecule has 7 heteroatoms. The lowest BCUT2D eigenvalue weighted by Gasteiger charge is -2.13. The van der Waals surface area contributed by atoms with Gasteiger partial charge in [0.1, 0.15) is 0 Å². The predicted molar refractivity (Wildman–Crippen MR) is 65.7 cm³/mol. The summed E-state index contributed by atoms with van der Waals surface area (Å²) in [5.41, 5.74) is 0. The molecule has 0 spiro atoms. The van der Waals surface area contributed by atoms with Gasteiger partial charge in [0.15, 0.2) is 19.7 Å². The summed E-state index contributed by atoms with van der Waals surface area (Å²) in [5.74, 6) is -0.663. The molecule has 0 aromatic heterocycles. The van der Waals surface area contributed by atoms with Crippen molar-refractivity contribution in [2.45, 2.75) is 15.5 Å². The fraction of sp³-hybridized carbons (Fsp3) is 0.400. The highest BCUT2D eigenvalue weighted by Gasteiger charge is 2.44. The highest BCUT2D eigenvalue weighted by molar-refractivity contribution is 7.96. The highest BCUT2D eigenvalue weighted by atomic mass is 35.5. The molecule has 1 saturated heterocycles. The Balaban J connectivity index is 2.42. The zero-order valence-corrected chi connectivity index (χ0v) is 11.2. The van der Waals surface area contributed by atoms with Crippen molar-refractivity contribution in [3.63, 3.8) is 0 Å². The average molecular weight is 295 g/mol. The smallest absolute Gasteiger partial charge is 0.183 e. The topological polar surface area (TPSA) is 68.3 Å². The molecule has 0 bridgehead atoms. The maximum atomic E-state index is 12.2. The fourth-order valence-electron chi connectivity index (χ4n) is 1.84. The van der Waals surface area contributed by atoms with Gasteiger partial charge in [-0.2, -0.15) is 0 Å². The van der Waals surface area contributed by atoms with Gasteiger partial charge in [0.2, 0.25) is 0 Å². The van der Waals surface area contributed by atoms with E-state index in [0.29, 0.717) is 0 Å². The lowest BCUT2D eigenvalue weighted by molar-refractivity contribution is 0.583. The van der Waals surface area contributed by atoms with Crippen LogP contribution in [0.5, 0.6) is 0 Å². The molecule has 1 aliphatic rings. The van der Waals surface area contributed by atoms with Gasteiger partial charge in [-0.25, -0.2) is 16.8 Å². The van der Waals surface area contributed by atoms with Crippen molar-refractivity contribution >= 4 is 31.3 Å². The SMILES string of the molecule is O=S1(=O)C[C@@H](Cl)[C@@H](S(=O)(=O)c2ccccc2)C1. The van der Waals surface area contributed by atoms with Crippen molar-refractivity contribution in [2.75, 3.05) is 11.5 Å². The molecular formula is C10H11ClO4S2. The first-order valence-corrected chi connectivity index (χ1v) is 8.77. The Kier molecular flexibility index (Phi) is 3.22. The van der Waals surface area contributed by atoms with Crippen LogP contribution in [0.3, 0.4) is 0 Å². The van der Waals surface area contributed by atoms with Crippen molar-refractivity contribution in [1.82, 2.24) is 0 Å². The molecule has 0 aliphatic carbocycles. The molecule has 0 saturated carbocycles. The monoisotopic (exact) mass is 294 g/mol. The van der Waals surface area contributed by atoms with E-state index in [0.717, 1.165) is 0 Å². The molecule has 1 aromatic rings. The van der Waals surface area contributed by atoms with Crippen LogP contribution >= 0.6 is 11.6 Å². The molecule has 0 amide bonds. The van der Waals surface area contributed by atoms with Gasteiger partial charge in [-0.3, -0.25) is 0 Å². The summed E-state index contributed by atoms with van der Waals surface area (Å²) in [6, 6.07) is 7.79. The fourth-order valence-corrected chi connectivity index (χ4v) is 7.44. The lowest BCUT2D eigenvalue weighted by Crippen LogP contribution is -2.29. The number of alkyl halides is 1. The predicted octanol–water partition coefficient (Wildman–Crippen LogP) is 0.865. The van der Waals surface area contributed by atoms with Gasteiger partial charge in [-0.1, -0.05) is 18.2 Å². The molecule has 0 unspecified atom stereocenters. The molecular weight excluding hydrogens is 284 g/mol. The van der Waals surface area contributed by atoms with Crippen molar-refractivity contribution < 1.29 is 16.8 Å². The Morgan fingerprint density at radius 1 is 1.12 bits per heavy atom. The first-order chi connectivity index (χ1) is 7.83. The quantitative estimate of drug-likeness (QED) is 0.759. The van der Waals surface area contributed by atoms with Crippen LogP contribution in [0, 0.1) is 0 Å². The van der Waals surface area contributed by atoms with E-state index in [9.17, 15) is 16.8 Å². The van der Waals surface area contributed by atoms with E-state index in [2.05, 4.69) is 0 Å². The number of sulfone groups is 2. The van der Waals surface area contributed by atoms with Gasteiger partial charge >= 0.3 is 0 Å². The van der Waals surface area contributed by atoms with Gasteiger partial charge in [0, 0.05) is 0 Å². The summed E-state index contributed by atoms with van der Waals surface area (Å²) in [7, 11) is -7.02. The Hall–Kier alpha value is -0.590. The largest absolute Gasteiger partial charge is 0.229 e. The zero-order valence-electron chi connectivity index (χ0n) is 8.78. The summed E-state index contributed by atoms with van der Waals surface area (Å²) in [4.78, 5) is 0.118.